The van der Waals surface area contributed by atoms with Gasteiger partial charge in [-0.1, -0.05) is 60.7 Å². The third kappa shape index (κ3) is 4.83. The van der Waals surface area contributed by atoms with Crippen molar-refractivity contribution < 1.29 is 18.7 Å². The zero-order chi connectivity index (χ0) is 18.2. The van der Waals surface area contributed by atoms with Gasteiger partial charge in [0.2, 0.25) is 0 Å². The van der Waals surface area contributed by atoms with Crippen LogP contribution in [0.15, 0.2) is 83.7 Å². The molecule has 0 saturated carbocycles. The maximum atomic E-state index is 12.3. The average molecular weight is 349 g/mol. The highest BCUT2D eigenvalue weighted by Crippen LogP contribution is 2.18. The fourth-order valence-corrected chi connectivity index (χ4v) is 2.62. The van der Waals surface area contributed by atoms with E-state index in [1.54, 1.807) is 0 Å². The Kier molecular flexibility index (Phi) is 5.83. The molecule has 1 amide bonds. The van der Waals surface area contributed by atoms with Crippen LogP contribution >= 0.6 is 0 Å². The van der Waals surface area contributed by atoms with Gasteiger partial charge in [0.25, 0.3) is 5.91 Å². The van der Waals surface area contributed by atoms with Crippen molar-refractivity contribution in [2.75, 3.05) is 6.61 Å². The van der Waals surface area contributed by atoms with Gasteiger partial charge in [-0.3, -0.25) is 4.79 Å². The molecule has 0 fully saturated rings. The minimum atomic E-state index is -0.590. The summed E-state index contributed by atoms with van der Waals surface area (Å²) in [7, 11) is 0. The Morgan fingerprint density at radius 2 is 1.65 bits per heavy atom. The van der Waals surface area contributed by atoms with Crippen LogP contribution in [0.25, 0.3) is 0 Å². The van der Waals surface area contributed by atoms with Gasteiger partial charge >= 0.3 is 5.97 Å². The molecule has 1 atom stereocenters. The highest BCUT2D eigenvalue weighted by atomic mass is 16.5. The summed E-state index contributed by atoms with van der Waals surface area (Å²) in [6, 6.07) is 20.9. The second-order valence-corrected chi connectivity index (χ2v) is 5.81. The van der Waals surface area contributed by atoms with Crippen molar-refractivity contribution in [3.05, 3.63) is 95.9 Å². The zero-order valence-corrected chi connectivity index (χ0v) is 14.1. The first kappa shape index (κ1) is 17.5. The molecule has 2 aromatic carbocycles. The molecule has 132 valence electrons. The minimum absolute atomic E-state index is 0.210. The van der Waals surface area contributed by atoms with Gasteiger partial charge in [-0.2, -0.15) is 0 Å². The molecule has 0 bridgehead atoms. The monoisotopic (exact) mass is 349 g/mol. The van der Waals surface area contributed by atoms with Crippen LogP contribution in [0.4, 0.5) is 0 Å². The Hall–Kier alpha value is -3.34. The number of benzene rings is 2. The summed E-state index contributed by atoms with van der Waals surface area (Å²) >= 11 is 0. The molecular formula is C21H19NO4. The molecular weight excluding hydrogens is 330 g/mol. The summed E-state index contributed by atoms with van der Waals surface area (Å²) in [5.74, 6) is -0.945. The third-order valence-electron chi connectivity index (χ3n) is 3.91. The number of esters is 1. The van der Waals surface area contributed by atoms with Crippen molar-refractivity contribution in [3.8, 4) is 0 Å². The minimum Gasteiger partial charge on any atom is -0.472 e. The molecule has 1 aromatic heterocycles. The molecule has 0 spiro atoms. The van der Waals surface area contributed by atoms with E-state index < -0.39 is 5.97 Å². The topological polar surface area (TPSA) is 68.5 Å². The number of carbonyl (C=O) groups is 2. The standard InChI is InChI=1S/C21H19NO4/c23-20(15-26-21(24)18-11-12-25-14-18)22-19(17-9-5-2-6-10-17)13-16-7-3-1-4-8-16/h1-12,14,19H,13,15H2,(H,22,23). The number of amides is 1. The highest BCUT2D eigenvalue weighted by Gasteiger charge is 2.17. The second-order valence-electron chi connectivity index (χ2n) is 5.81. The quantitative estimate of drug-likeness (QED) is 0.663. The second kappa shape index (κ2) is 8.67. The maximum Gasteiger partial charge on any atom is 0.341 e. The van der Waals surface area contributed by atoms with Gasteiger partial charge in [-0.05, 0) is 23.6 Å². The maximum absolute atomic E-state index is 12.3. The molecule has 3 aromatic rings. The van der Waals surface area contributed by atoms with E-state index >= 15 is 0 Å². The van der Waals surface area contributed by atoms with Crippen LogP contribution in [0.5, 0.6) is 0 Å². The van der Waals surface area contributed by atoms with E-state index in [1.165, 1.54) is 18.6 Å². The Balaban J connectivity index is 1.63. The molecule has 5 nitrogen and oxygen atoms in total. The average Bonchev–Trinajstić information content (AvgIpc) is 3.22. The summed E-state index contributed by atoms with van der Waals surface area (Å²) in [5.41, 5.74) is 2.38. The summed E-state index contributed by atoms with van der Waals surface area (Å²) in [6.07, 6.45) is 3.30. The summed E-state index contributed by atoms with van der Waals surface area (Å²) in [6.45, 7) is -0.345. The third-order valence-corrected chi connectivity index (χ3v) is 3.91. The molecule has 26 heavy (non-hydrogen) atoms. The van der Waals surface area contributed by atoms with Crippen molar-refractivity contribution in [1.29, 1.82) is 0 Å². The Labute approximate surface area is 151 Å². The van der Waals surface area contributed by atoms with Crippen molar-refractivity contribution in [3.63, 3.8) is 0 Å². The Morgan fingerprint density at radius 1 is 0.962 bits per heavy atom. The van der Waals surface area contributed by atoms with E-state index in [0.29, 0.717) is 6.42 Å². The van der Waals surface area contributed by atoms with Gasteiger partial charge in [-0.25, -0.2) is 4.79 Å². The first-order valence-corrected chi connectivity index (χ1v) is 8.30. The summed E-state index contributed by atoms with van der Waals surface area (Å²) < 4.78 is 9.85. The smallest absolute Gasteiger partial charge is 0.341 e. The number of hydrogen-bond donors (Lipinski definition) is 1. The summed E-state index contributed by atoms with van der Waals surface area (Å²) in [5, 5.41) is 2.94. The lowest BCUT2D eigenvalue weighted by Crippen LogP contribution is -2.33. The van der Waals surface area contributed by atoms with Gasteiger partial charge < -0.3 is 14.5 Å². The Morgan fingerprint density at radius 3 is 2.31 bits per heavy atom. The van der Waals surface area contributed by atoms with Crippen LogP contribution in [0.1, 0.15) is 27.5 Å². The van der Waals surface area contributed by atoms with E-state index in [4.69, 9.17) is 9.15 Å². The number of nitrogens with one attached hydrogen (secondary N) is 1. The van der Waals surface area contributed by atoms with Crippen molar-refractivity contribution in [1.82, 2.24) is 5.32 Å². The number of carbonyl (C=O) groups excluding carboxylic acids is 2. The number of furan rings is 1. The molecule has 0 aliphatic heterocycles. The van der Waals surface area contributed by atoms with Gasteiger partial charge in [0.05, 0.1) is 17.9 Å². The van der Waals surface area contributed by atoms with Crippen molar-refractivity contribution in [2.45, 2.75) is 12.5 Å². The predicted octanol–water partition coefficient (Wildman–Crippen LogP) is 3.54. The van der Waals surface area contributed by atoms with Gasteiger partial charge in [0, 0.05) is 0 Å². The lowest BCUT2D eigenvalue weighted by molar-refractivity contribution is -0.125. The molecule has 0 saturated heterocycles. The van der Waals surface area contributed by atoms with Crippen LogP contribution in [-0.2, 0) is 16.0 Å². The number of ether oxygens (including phenoxy) is 1. The van der Waals surface area contributed by atoms with Crippen molar-refractivity contribution >= 4 is 11.9 Å². The molecule has 0 aliphatic carbocycles. The van der Waals surface area contributed by atoms with Gasteiger partial charge in [-0.15, -0.1) is 0 Å². The predicted molar refractivity (Wildman–Crippen MR) is 96.5 cm³/mol. The largest absolute Gasteiger partial charge is 0.472 e. The molecule has 1 N–H and O–H groups in total. The van der Waals surface area contributed by atoms with E-state index in [9.17, 15) is 9.59 Å². The van der Waals surface area contributed by atoms with Crippen LogP contribution in [-0.4, -0.2) is 18.5 Å². The lowest BCUT2D eigenvalue weighted by atomic mass is 9.99. The van der Waals surface area contributed by atoms with Gasteiger partial charge in [0.15, 0.2) is 6.61 Å². The number of hydrogen-bond acceptors (Lipinski definition) is 4. The van der Waals surface area contributed by atoms with E-state index in [-0.39, 0.29) is 24.1 Å². The zero-order valence-electron chi connectivity index (χ0n) is 14.1. The highest BCUT2D eigenvalue weighted by molar-refractivity contribution is 5.90. The van der Waals surface area contributed by atoms with Crippen LogP contribution < -0.4 is 5.32 Å². The molecule has 1 heterocycles. The fourth-order valence-electron chi connectivity index (χ4n) is 2.62. The Bertz CT molecular complexity index is 829. The van der Waals surface area contributed by atoms with E-state index in [0.717, 1.165) is 11.1 Å². The van der Waals surface area contributed by atoms with E-state index in [2.05, 4.69) is 5.32 Å². The molecule has 0 aliphatic rings. The lowest BCUT2D eigenvalue weighted by Gasteiger charge is -2.19. The fraction of sp³-hybridized carbons (Fsp3) is 0.143. The molecule has 1 unspecified atom stereocenters. The van der Waals surface area contributed by atoms with E-state index in [1.807, 2.05) is 60.7 Å². The summed E-state index contributed by atoms with van der Waals surface area (Å²) in [4.78, 5) is 24.1. The number of rotatable bonds is 7. The van der Waals surface area contributed by atoms with Crippen LogP contribution in [0.2, 0.25) is 0 Å². The first-order valence-electron chi connectivity index (χ1n) is 8.30. The van der Waals surface area contributed by atoms with Crippen LogP contribution in [0.3, 0.4) is 0 Å². The first-order chi connectivity index (χ1) is 12.7. The van der Waals surface area contributed by atoms with Crippen molar-refractivity contribution in [2.24, 2.45) is 0 Å². The molecule has 0 radical (unpaired) electrons. The normalized spacial score (nSPS) is 11.5. The van der Waals surface area contributed by atoms with Gasteiger partial charge in [0.1, 0.15) is 6.26 Å². The SMILES string of the molecule is O=C(COC(=O)c1ccoc1)NC(Cc1ccccc1)c1ccccc1. The van der Waals surface area contributed by atoms with Crippen LogP contribution in [0, 0.1) is 0 Å². The molecule has 5 heteroatoms. The molecule has 3 rings (SSSR count).